The smallest absolute Gasteiger partial charge is 0.248 e. The van der Waals surface area contributed by atoms with E-state index < -0.39 is 5.91 Å². The number of carbonyl (C=O) groups excluding carboxylic acids is 1. The van der Waals surface area contributed by atoms with Crippen LogP contribution in [0.4, 0.5) is 0 Å². The first-order chi connectivity index (χ1) is 11.5. The number of hydrogen-bond donors (Lipinski definition) is 1. The first-order valence-corrected chi connectivity index (χ1v) is 7.82. The summed E-state index contributed by atoms with van der Waals surface area (Å²) >= 11 is 0. The normalized spacial score (nSPS) is 12.1. The number of amides is 1. The maximum Gasteiger partial charge on any atom is 0.248 e. The van der Waals surface area contributed by atoms with Gasteiger partial charge in [0.1, 0.15) is 0 Å². The lowest BCUT2D eigenvalue weighted by Crippen LogP contribution is -2.10. The standard InChI is InChI=1S/C19H20N4O/c1-12(17-11-22-23(3)13(17)2)18-10-16(8-9-21-18)14-4-6-15(7-5-14)19(20)24/h4-12H,1-3H3,(H2,20,24). The van der Waals surface area contributed by atoms with E-state index in [1.165, 1.54) is 5.56 Å². The van der Waals surface area contributed by atoms with Crippen LogP contribution in [-0.4, -0.2) is 20.7 Å². The number of carbonyl (C=O) groups is 1. The Bertz CT molecular complexity index is 881. The fourth-order valence-corrected chi connectivity index (χ4v) is 2.79. The minimum Gasteiger partial charge on any atom is -0.366 e. The Morgan fingerprint density at radius 1 is 1.17 bits per heavy atom. The molecule has 1 unspecified atom stereocenters. The molecule has 24 heavy (non-hydrogen) atoms. The molecule has 0 saturated heterocycles. The Labute approximate surface area is 141 Å². The van der Waals surface area contributed by atoms with Gasteiger partial charge in [-0.1, -0.05) is 19.1 Å². The summed E-state index contributed by atoms with van der Waals surface area (Å²) in [5, 5.41) is 4.31. The minimum atomic E-state index is -0.419. The van der Waals surface area contributed by atoms with E-state index in [-0.39, 0.29) is 5.92 Å². The van der Waals surface area contributed by atoms with Crippen LogP contribution in [0.2, 0.25) is 0 Å². The van der Waals surface area contributed by atoms with E-state index in [9.17, 15) is 4.79 Å². The van der Waals surface area contributed by atoms with E-state index in [0.29, 0.717) is 5.56 Å². The van der Waals surface area contributed by atoms with Gasteiger partial charge in [-0.2, -0.15) is 5.10 Å². The molecule has 1 aromatic carbocycles. The van der Waals surface area contributed by atoms with E-state index in [0.717, 1.165) is 22.5 Å². The minimum absolute atomic E-state index is 0.156. The van der Waals surface area contributed by atoms with Crippen molar-refractivity contribution in [2.75, 3.05) is 0 Å². The zero-order valence-electron chi connectivity index (χ0n) is 14.0. The molecule has 122 valence electrons. The highest BCUT2D eigenvalue weighted by atomic mass is 16.1. The summed E-state index contributed by atoms with van der Waals surface area (Å²) in [6.45, 7) is 4.19. The van der Waals surface area contributed by atoms with Gasteiger partial charge in [0.25, 0.3) is 0 Å². The lowest BCUT2D eigenvalue weighted by molar-refractivity contribution is 0.100. The highest BCUT2D eigenvalue weighted by molar-refractivity contribution is 5.93. The molecule has 0 bridgehead atoms. The fourth-order valence-electron chi connectivity index (χ4n) is 2.79. The quantitative estimate of drug-likeness (QED) is 0.803. The van der Waals surface area contributed by atoms with Crippen LogP contribution in [0, 0.1) is 6.92 Å². The van der Waals surface area contributed by atoms with E-state index in [4.69, 9.17) is 5.73 Å². The number of benzene rings is 1. The molecular weight excluding hydrogens is 300 g/mol. The largest absolute Gasteiger partial charge is 0.366 e. The second-order valence-electron chi connectivity index (χ2n) is 5.94. The molecule has 2 heterocycles. The molecule has 3 rings (SSSR count). The van der Waals surface area contributed by atoms with Crippen LogP contribution in [0.1, 0.15) is 40.2 Å². The summed E-state index contributed by atoms with van der Waals surface area (Å²) in [6.07, 6.45) is 3.71. The Balaban J connectivity index is 1.94. The molecule has 1 amide bonds. The van der Waals surface area contributed by atoms with Crippen LogP contribution >= 0.6 is 0 Å². The van der Waals surface area contributed by atoms with Crippen LogP contribution in [-0.2, 0) is 7.05 Å². The van der Waals surface area contributed by atoms with E-state index in [1.807, 2.05) is 42.3 Å². The number of hydrogen-bond acceptors (Lipinski definition) is 3. The van der Waals surface area contributed by atoms with Crippen molar-refractivity contribution in [2.45, 2.75) is 19.8 Å². The first kappa shape index (κ1) is 15.9. The lowest BCUT2D eigenvalue weighted by Gasteiger charge is -2.12. The molecule has 0 spiro atoms. The summed E-state index contributed by atoms with van der Waals surface area (Å²) in [5.41, 5.74) is 11.2. The van der Waals surface area contributed by atoms with E-state index in [2.05, 4.69) is 30.0 Å². The van der Waals surface area contributed by atoms with Crippen LogP contribution in [0.3, 0.4) is 0 Å². The summed E-state index contributed by atoms with van der Waals surface area (Å²) in [4.78, 5) is 15.7. The van der Waals surface area contributed by atoms with Gasteiger partial charge >= 0.3 is 0 Å². The van der Waals surface area contributed by atoms with E-state index >= 15 is 0 Å². The maximum absolute atomic E-state index is 11.2. The second-order valence-corrected chi connectivity index (χ2v) is 5.94. The van der Waals surface area contributed by atoms with Crippen molar-refractivity contribution >= 4 is 5.91 Å². The molecule has 5 heteroatoms. The van der Waals surface area contributed by atoms with Crippen molar-refractivity contribution in [3.63, 3.8) is 0 Å². The van der Waals surface area contributed by atoms with Gasteiger partial charge in [-0.05, 0) is 42.3 Å². The molecule has 0 saturated carbocycles. The Kier molecular flexibility index (Phi) is 4.16. The van der Waals surface area contributed by atoms with Gasteiger partial charge in [-0.15, -0.1) is 0 Å². The number of rotatable bonds is 4. The lowest BCUT2D eigenvalue weighted by atomic mass is 9.95. The van der Waals surface area contributed by atoms with Gasteiger partial charge in [0.2, 0.25) is 5.91 Å². The summed E-state index contributed by atoms with van der Waals surface area (Å²) < 4.78 is 1.87. The van der Waals surface area contributed by atoms with Gasteiger partial charge in [0.05, 0.1) is 6.20 Å². The van der Waals surface area contributed by atoms with Gasteiger partial charge in [0, 0.05) is 41.7 Å². The second kappa shape index (κ2) is 6.28. The van der Waals surface area contributed by atoms with Gasteiger partial charge in [0.15, 0.2) is 0 Å². The highest BCUT2D eigenvalue weighted by Gasteiger charge is 2.16. The molecule has 0 aliphatic carbocycles. The third kappa shape index (κ3) is 2.93. The molecule has 0 fully saturated rings. The number of nitrogens with two attached hydrogens (primary N) is 1. The molecule has 3 aromatic rings. The van der Waals surface area contributed by atoms with Gasteiger partial charge in [-0.25, -0.2) is 0 Å². The van der Waals surface area contributed by atoms with Crippen LogP contribution in [0.5, 0.6) is 0 Å². The first-order valence-electron chi connectivity index (χ1n) is 7.82. The number of pyridine rings is 1. The maximum atomic E-state index is 11.2. The van der Waals surface area contributed by atoms with Crippen molar-refractivity contribution in [3.8, 4) is 11.1 Å². The fraction of sp³-hybridized carbons (Fsp3) is 0.211. The van der Waals surface area contributed by atoms with Crippen LogP contribution in [0.15, 0.2) is 48.8 Å². The summed E-state index contributed by atoms with van der Waals surface area (Å²) in [7, 11) is 1.94. The van der Waals surface area contributed by atoms with Crippen molar-refractivity contribution in [3.05, 3.63) is 71.3 Å². The third-order valence-electron chi connectivity index (χ3n) is 4.47. The molecule has 0 aliphatic rings. The average molecular weight is 320 g/mol. The molecule has 2 N–H and O–H groups in total. The van der Waals surface area contributed by atoms with Crippen molar-refractivity contribution in [1.29, 1.82) is 0 Å². The van der Waals surface area contributed by atoms with Crippen LogP contribution in [0.25, 0.3) is 11.1 Å². The van der Waals surface area contributed by atoms with Crippen molar-refractivity contribution in [1.82, 2.24) is 14.8 Å². The SMILES string of the molecule is Cc1c(C(C)c2cc(-c3ccc(C(N)=O)cc3)ccn2)cnn1C. The van der Waals surface area contributed by atoms with E-state index in [1.54, 1.807) is 12.1 Å². The molecule has 1 atom stereocenters. The Morgan fingerprint density at radius 3 is 2.46 bits per heavy atom. The summed E-state index contributed by atoms with van der Waals surface area (Å²) in [5.74, 6) is -0.263. The van der Waals surface area contributed by atoms with Crippen molar-refractivity contribution < 1.29 is 4.79 Å². The number of aryl methyl sites for hydroxylation is 1. The number of nitrogens with zero attached hydrogens (tertiary/aromatic N) is 3. The predicted molar refractivity (Wildman–Crippen MR) is 93.7 cm³/mol. The zero-order chi connectivity index (χ0) is 17.3. The zero-order valence-corrected chi connectivity index (χ0v) is 14.0. The molecular formula is C19H20N4O. The van der Waals surface area contributed by atoms with Crippen molar-refractivity contribution in [2.24, 2.45) is 12.8 Å². The monoisotopic (exact) mass is 320 g/mol. The van der Waals surface area contributed by atoms with Crippen LogP contribution < -0.4 is 5.73 Å². The Morgan fingerprint density at radius 2 is 1.88 bits per heavy atom. The number of primary amides is 1. The molecule has 0 radical (unpaired) electrons. The third-order valence-corrected chi connectivity index (χ3v) is 4.47. The topological polar surface area (TPSA) is 73.8 Å². The van der Waals surface area contributed by atoms with Gasteiger partial charge in [-0.3, -0.25) is 14.5 Å². The highest BCUT2D eigenvalue weighted by Crippen LogP contribution is 2.28. The Hall–Kier alpha value is -2.95. The number of aromatic nitrogens is 3. The average Bonchev–Trinajstić information content (AvgIpc) is 2.93. The molecule has 2 aromatic heterocycles. The molecule has 5 nitrogen and oxygen atoms in total. The summed E-state index contributed by atoms with van der Waals surface area (Å²) in [6, 6.07) is 11.3. The predicted octanol–water partition coefficient (Wildman–Crippen LogP) is 3.04. The van der Waals surface area contributed by atoms with Gasteiger partial charge < -0.3 is 5.73 Å². The molecule has 0 aliphatic heterocycles.